The monoisotopic (exact) mass is 892 g/mol. The van der Waals surface area contributed by atoms with E-state index in [-0.39, 0.29) is 43.9 Å². The number of aldehydes is 1. The lowest BCUT2D eigenvalue weighted by Crippen LogP contribution is -2.69. The quantitative estimate of drug-likeness (QED) is 0.164. The Labute approximate surface area is 370 Å². The first kappa shape index (κ1) is 54.1. The van der Waals surface area contributed by atoms with Crippen LogP contribution in [0.3, 0.4) is 0 Å². The number of benzene rings is 1. The highest BCUT2D eigenvalue weighted by Gasteiger charge is 2.47. The average Bonchev–Trinajstić information content (AvgIpc) is 3.22. The van der Waals surface area contributed by atoms with Crippen molar-refractivity contribution in [3.05, 3.63) is 35.9 Å². The van der Waals surface area contributed by atoms with Crippen LogP contribution in [0, 0.1) is 29.1 Å². The van der Waals surface area contributed by atoms with E-state index in [1.54, 1.807) is 64.1 Å². The Balaban J connectivity index is 2.99. The standard InChI is InChI=1S/C45H68F3N7O8/c1-11-12-17-30(6)23-33-40(59)53(8)31(7)43(62)63-37(20-16-21-49)39(58)51-35(26-45(46,47)48)42(61)55(10)44(27-56,25-29(4)5)52-34(22-28(2)3)41(60)54(9)36(38(57)50-33)24-32-18-14-13-15-19-32/h13-15,18-19,27-31,33-37,52H,11-12,16-17,20,22-26H2,1-10H3,(H,50,57)(H,51,58)/t30?,31?,33?,34?,35?,36?,37-,44-/m1/s1. The highest BCUT2D eigenvalue weighted by molar-refractivity contribution is 5.96. The molecule has 15 nitrogen and oxygen atoms in total. The summed E-state index contributed by atoms with van der Waals surface area (Å²) in [6.07, 6.45) is -6.92. The van der Waals surface area contributed by atoms with Crippen molar-refractivity contribution in [3.63, 3.8) is 0 Å². The molecule has 0 spiro atoms. The van der Waals surface area contributed by atoms with Gasteiger partial charge in [0.2, 0.25) is 23.6 Å². The molecule has 1 aliphatic rings. The molecule has 5 amide bonds. The average molecular weight is 892 g/mol. The molecule has 0 aromatic heterocycles. The van der Waals surface area contributed by atoms with Crippen molar-refractivity contribution in [2.75, 3.05) is 21.1 Å². The van der Waals surface area contributed by atoms with E-state index in [4.69, 9.17) is 4.74 Å². The van der Waals surface area contributed by atoms with Crippen LogP contribution in [0.2, 0.25) is 0 Å². The summed E-state index contributed by atoms with van der Waals surface area (Å²) in [5.41, 5.74) is -1.46. The number of likely N-dealkylation sites (N-methyl/N-ethyl adjacent to an activating group) is 3. The van der Waals surface area contributed by atoms with Gasteiger partial charge in [-0.3, -0.25) is 34.1 Å². The SMILES string of the molecule is CCCCC(C)CC1NC(=O)C(Cc2ccccc2)N(C)C(=O)C(CC(C)C)N[C@](C=O)(CC(C)C)N(C)C(=O)C(CC(F)(F)F)NC(=O)[C@@H](CCC#N)OC(=O)C(C)N(C)C1=O. The number of halogens is 3. The second-order valence-corrected chi connectivity index (χ2v) is 17.7. The van der Waals surface area contributed by atoms with E-state index in [0.717, 1.165) is 29.7 Å². The molecule has 1 fully saturated rings. The smallest absolute Gasteiger partial charge is 0.391 e. The Bertz CT molecular complexity index is 1760. The van der Waals surface area contributed by atoms with Crippen LogP contribution in [0.15, 0.2) is 30.3 Å². The van der Waals surface area contributed by atoms with E-state index in [2.05, 4.69) is 16.0 Å². The first-order valence-electron chi connectivity index (χ1n) is 21.8. The number of amides is 5. The number of carbonyl (C=O) groups excluding carboxylic acids is 7. The highest BCUT2D eigenvalue weighted by atomic mass is 19.4. The Kier molecular flexibility index (Phi) is 21.2. The van der Waals surface area contributed by atoms with E-state index < -0.39 is 102 Å². The summed E-state index contributed by atoms with van der Waals surface area (Å²) in [7, 11) is 3.78. The molecule has 63 heavy (non-hydrogen) atoms. The zero-order valence-corrected chi connectivity index (χ0v) is 38.4. The van der Waals surface area contributed by atoms with Gasteiger partial charge in [0.25, 0.3) is 5.91 Å². The fourth-order valence-corrected chi connectivity index (χ4v) is 7.67. The lowest BCUT2D eigenvalue weighted by molar-refractivity contribution is -0.167. The maximum atomic E-state index is 14.9. The molecule has 6 unspecified atom stereocenters. The molecule has 18 heteroatoms. The van der Waals surface area contributed by atoms with Crippen LogP contribution in [0.1, 0.15) is 112 Å². The summed E-state index contributed by atoms with van der Waals surface area (Å²) >= 11 is 0. The predicted molar refractivity (Wildman–Crippen MR) is 229 cm³/mol. The maximum absolute atomic E-state index is 14.9. The van der Waals surface area contributed by atoms with Crippen LogP contribution in [0.25, 0.3) is 0 Å². The first-order valence-corrected chi connectivity index (χ1v) is 21.8. The summed E-state index contributed by atoms with van der Waals surface area (Å²) in [5.74, 6) is -6.63. The normalized spacial score (nSPS) is 26.0. The van der Waals surface area contributed by atoms with Crippen LogP contribution in [-0.2, 0) is 44.7 Å². The Morgan fingerprint density at radius 3 is 2.00 bits per heavy atom. The molecular weight excluding hydrogens is 824 g/mol. The van der Waals surface area contributed by atoms with Gasteiger partial charge in [0, 0.05) is 40.4 Å². The molecule has 1 heterocycles. The Morgan fingerprint density at radius 1 is 0.857 bits per heavy atom. The molecule has 1 saturated heterocycles. The van der Waals surface area contributed by atoms with Crippen molar-refractivity contribution in [1.29, 1.82) is 5.26 Å². The molecule has 1 aromatic rings. The van der Waals surface area contributed by atoms with Crippen LogP contribution in [-0.4, -0.2) is 126 Å². The van der Waals surface area contributed by atoms with Crippen molar-refractivity contribution in [2.24, 2.45) is 17.8 Å². The third-order valence-corrected chi connectivity index (χ3v) is 11.4. The van der Waals surface area contributed by atoms with Gasteiger partial charge in [0.15, 0.2) is 18.1 Å². The van der Waals surface area contributed by atoms with Crippen LogP contribution >= 0.6 is 0 Å². The van der Waals surface area contributed by atoms with E-state index in [0.29, 0.717) is 18.3 Å². The van der Waals surface area contributed by atoms with Crippen molar-refractivity contribution < 1.29 is 51.5 Å². The number of hydrogen-bond acceptors (Lipinski definition) is 10. The van der Waals surface area contributed by atoms with Crippen LogP contribution in [0.5, 0.6) is 0 Å². The van der Waals surface area contributed by atoms with E-state index in [1.807, 2.05) is 13.8 Å². The topological polar surface area (TPSA) is 198 Å². The molecule has 0 bridgehead atoms. The fourth-order valence-electron chi connectivity index (χ4n) is 7.67. The molecule has 0 saturated carbocycles. The minimum Gasteiger partial charge on any atom is -0.451 e. The number of nitrogens with zero attached hydrogens (tertiary/aromatic N) is 4. The lowest BCUT2D eigenvalue weighted by atomic mass is 9.92. The Hall–Kier alpha value is -5.05. The number of carbonyl (C=O) groups is 7. The largest absolute Gasteiger partial charge is 0.451 e. The van der Waals surface area contributed by atoms with Crippen molar-refractivity contribution in [1.82, 2.24) is 30.7 Å². The number of alkyl halides is 3. The maximum Gasteiger partial charge on any atom is 0.391 e. The number of esters is 1. The molecule has 1 aromatic carbocycles. The first-order chi connectivity index (χ1) is 29.4. The third kappa shape index (κ3) is 16.2. The minimum atomic E-state index is -5.04. The summed E-state index contributed by atoms with van der Waals surface area (Å²) in [6, 6.07) is 3.11. The summed E-state index contributed by atoms with van der Waals surface area (Å²) in [4.78, 5) is 102. The van der Waals surface area contributed by atoms with Gasteiger partial charge in [0.05, 0.1) is 18.5 Å². The number of cyclic esters (lactones) is 1. The number of hydrogen-bond donors (Lipinski definition) is 3. The molecule has 0 radical (unpaired) electrons. The minimum absolute atomic E-state index is 0.0136. The molecule has 352 valence electrons. The van der Waals surface area contributed by atoms with Gasteiger partial charge < -0.3 is 30.1 Å². The summed E-state index contributed by atoms with van der Waals surface area (Å²) in [5, 5.41) is 17.3. The molecule has 8 atom stereocenters. The highest BCUT2D eigenvalue weighted by Crippen LogP contribution is 2.28. The molecule has 3 N–H and O–H groups in total. The van der Waals surface area contributed by atoms with E-state index >= 15 is 0 Å². The number of rotatable bonds is 15. The van der Waals surface area contributed by atoms with Gasteiger partial charge in [-0.25, -0.2) is 4.79 Å². The molecule has 2 rings (SSSR count). The van der Waals surface area contributed by atoms with E-state index in [1.165, 1.54) is 25.9 Å². The second kappa shape index (κ2) is 24.7. The molecular formula is C45H68F3N7O8. The number of ether oxygens (including phenoxy) is 1. The van der Waals surface area contributed by atoms with Gasteiger partial charge in [-0.15, -0.1) is 0 Å². The number of nitriles is 1. The van der Waals surface area contributed by atoms with Crippen molar-refractivity contribution >= 4 is 41.8 Å². The lowest BCUT2D eigenvalue weighted by Gasteiger charge is -2.44. The van der Waals surface area contributed by atoms with E-state index in [9.17, 15) is 52.0 Å². The van der Waals surface area contributed by atoms with Crippen LogP contribution in [0.4, 0.5) is 13.2 Å². The summed E-state index contributed by atoms with van der Waals surface area (Å²) in [6.45, 7) is 12.3. The molecule has 1 aliphatic heterocycles. The van der Waals surface area contributed by atoms with Crippen molar-refractivity contribution in [2.45, 2.75) is 161 Å². The third-order valence-electron chi connectivity index (χ3n) is 11.4. The Morgan fingerprint density at radius 2 is 1.46 bits per heavy atom. The zero-order chi connectivity index (χ0) is 47.8. The van der Waals surface area contributed by atoms with Crippen molar-refractivity contribution in [3.8, 4) is 6.07 Å². The second-order valence-electron chi connectivity index (χ2n) is 17.7. The van der Waals surface area contributed by atoms with Crippen LogP contribution < -0.4 is 16.0 Å². The van der Waals surface area contributed by atoms with Gasteiger partial charge in [-0.1, -0.05) is 91.1 Å². The van der Waals surface area contributed by atoms with Gasteiger partial charge >= 0.3 is 12.1 Å². The number of nitrogens with one attached hydrogen (secondary N) is 3. The zero-order valence-electron chi connectivity index (χ0n) is 38.4. The fraction of sp³-hybridized carbons (Fsp3) is 0.689. The predicted octanol–water partition coefficient (Wildman–Crippen LogP) is 4.67. The number of unbranched alkanes of at least 4 members (excludes halogenated alkanes) is 1. The molecule has 0 aliphatic carbocycles. The van der Waals surface area contributed by atoms with Gasteiger partial charge in [-0.05, 0) is 49.5 Å². The summed E-state index contributed by atoms with van der Waals surface area (Å²) < 4.78 is 48.1. The van der Waals surface area contributed by atoms with Gasteiger partial charge in [-0.2, -0.15) is 18.4 Å². The van der Waals surface area contributed by atoms with Gasteiger partial charge in [0.1, 0.15) is 24.2 Å².